The minimum absolute atomic E-state index is 0.0551. The SMILES string of the molecule is CC(=O)NC1CCC(C)(C)[N+](=O)C1(C)C. The Kier molecular flexibility index (Phi) is 2.90. The van der Waals surface area contributed by atoms with Crippen molar-refractivity contribution in [3.8, 4) is 0 Å². The first-order valence-corrected chi connectivity index (χ1v) is 5.42. The summed E-state index contributed by atoms with van der Waals surface area (Å²) >= 11 is 0. The number of amides is 1. The molecule has 0 spiro atoms. The van der Waals surface area contributed by atoms with E-state index in [0.717, 1.165) is 17.6 Å². The molecular weight excluding hydrogens is 192 g/mol. The molecule has 15 heavy (non-hydrogen) atoms. The monoisotopic (exact) mass is 213 g/mol. The van der Waals surface area contributed by atoms with Crippen LogP contribution in [0.3, 0.4) is 0 Å². The van der Waals surface area contributed by atoms with E-state index in [9.17, 15) is 9.70 Å². The summed E-state index contributed by atoms with van der Waals surface area (Å²) in [6.07, 6.45) is 1.67. The highest BCUT2D eigenvalue weighted by molar-refractivity contribution is 5.73. The van der Waals surface area contributed by atoms with Crippen LogP contribution in [-0.2, 0) is 4.79 Å². The minimum Gasteiger partial charge on any atom is -0.346 e. The number of rotatable bonds is 1. The second-order valence-corrected chi connectivity index (χ2v) is 5.55. The summed E-state index contributed by atoms with van der Waals surface area (Å²) in [5, 5.41) is 2.86. The molecule has 1 unspecified atom stereocenters. The number of carbonyl (C=O) groups is 1. The highest BCUT2D eigenvalue weighted by Crippen LogP contribution is 2.34. The van der Waals surface area contributed by atoms with Crippen LogP contribution in [0.15, 0.2) is 0 Å². The van der Waals surface area contributed by atoms with Crippen molar-refractivity contribution in [1.82, 2.24) is 5.32 Å². The lowest BCUT2D eigenvalue weighted by Crippen LogP contribution is -2.63. The molecule has 4 heteroatoms. The van der Waals surface area contributed by atoms with E-state index in [2.05, 4.69) is 5.32 Å². The van der Waals surface area contributed by atoms with E-state index in [1.54, 1.807) is 0 Å². The Hall–Kier alpha value is -0.930. The van der Waals surface area contributed by atoms with Crippen LogP contribution >= 0.6 is 0 Å². The van der Waals surface area contributed by atoms with Gasteiger partial charge in [-0.1, -0.05) is 0 Å². The summed E-state index contributed by atoms with van der Waals surface area (Å²) in [6.45, 7) is 9.17. The Morgan fingerprint density at radius 2 is 1.87 bits per heavy atom. The smallest absolute Gasteiger partial charge is 0.225 e. The third kappa shape index (κ3) is 2.19. The normalized spacial score (nSPS) is 28.6. The van der Waals surface area contributed by atoms with E-state index in [-0.39, 0.29) is 17.5 Å². The van der Waals surface area contributed by atoms with Gasteiger partial charge < -0.3 is 5.32 Å². The lowest BCUT2D eigenvalue weighted by molar-refractivity contribution is -0.695. The van der Waals surface area contributed by atoms with Gasteiger partial charge in [-0.2, -0.15) is 0 Å². The molecule has 0 saturated carbocycles. The van der Waals surface area contributed by atoms with Crippen LogP contribution in [0, 0.1) is 4.91 Å². The van der Waals surface area contributed by atoms with Gasteiger partial charge in [-0.25, -0.2) is 0 Å². The Balaban J connectivity index is 2.89. The molecule has 1 aliphatic heterocycles. The van der Waals surface area contributed by atoms with E-state index >= 15 is 0 Å². The van der Waals surface area contributed by atoms with E-state index in [1.807, 2.05) is 27.7 Å². The van der Waals surface area contributed by atoms with Crippen molar-refractivity contribution >= 4 is 5.91 Å². The molecular formula is C11H21N2O2+. The first-order valence-electron chi connectivity index (χ1n) is 5.42. The molecule has 0 aromatic carbocycles. The van der Waals surface area contributed by atoms with Crippen LogP contribution < -0.4 is 5.32 Å². The highest BCUT2D eigenvalue weighted by atomic mass is 16.3. The van der Waals surface area contributed by atoms with Gasteiger partial charge in [0.05, 0.1) is 6.04 Å². The van der Waals surface area contributed by atoms with Crippen LogP contribution in [0.4, 0.5) is 0 Å². The zero-order valence-corrected chi connectivity index (χ0v) is 10.3. The van der Waals surface area contributed by atoms with Gasteiger partial charge >= 0.3 is 0 Å². The molecule has 0 bridgehead atoms. The van der Waals surface area contributed by atoms with E-state index in [4.69, 9.17) is 0 Å². The standard InChI is InChI=1S/C11H20N2O2/c1-8(14)12-9-6-7-10(2,3)13(15)11(9,4)5/h9H,6-7H2,1-5H3/p+1. The van der Waals surface area contributed by atoms with Crippen molar-refractivity contribution in [3.05, 3.63) is 4.91 Å². The zero-order chi connectivity index (χ0) is 11.9. The third-order valence-electron chi connectivity index (χ3n) is 3.35. The van der Waals surface area contributed by atoms with Crippen molar-refractivity contribution in [1.29, 1.82) is 0 Å². The lowest BCUT2D eigenvalue weighted by atomic mass is 9.78. The van der Waals surface area contributed by atoms with Gasteiger partial charge in [0.15, 0.2) is 0 Å². The van der Waals surface area contributed by atoms with Gasteiger partial charge in [0.1, 0.15) is 0 Å². The number of piperidine rings is 1. The maximum absolute atomic E-state index is 12.1. The first kappa shape index (κ1) is 12.1. The van der Waals surface area contributed by atoms with Crippen LogP contribution in [0.2, 0.25) is 0 Å². The molecule has 1 atom stereocenters. The fourth-order valence-electron chi connectivity index (χ4n) is 2.37. The lowest BCUT2D eigenvalue weighted by Gasteiger charge is -2.37. The van der Waals surface area contributed by atoms with Crippen molar-refractivity contribution in [2.75, 3.05) is 0 Å². The van der Waals surface area contributed by atoms with Crippen LogP contribution in [-0.4, -0.2) is 27.8 Å². The number of hydrogen-bond acceptors (Lipinski definition) is 2. The van der Waals surface area contributed by atoms with Crippen molar-refractivity contribution in [2.24, 2.45) is 0 Å². The average molecular weight is 213 g/mol. The van der Waals surface area contributed by atoms with Crippen LogP contribution in [0.25, 0.3) is 0 Å². The van der Waals surface area contributed by atoms with Crippen molar-refractivity contribution < 1.29 is 9.55 Å². The Morgan fingerprint density at radius 3 is 2.33 bits per heavy atom. The predicted octanol–water partition coefficient (Wildman–Crippen LogP) is 1.62. The Labute approximate surface area is 91.0 Å². The summed E-state index contributed by atoms with van der Waals surface area (Å²) in [6, 6.07) is -0.0551. The molecule has 1 aliphatic rings. The van der Waals surface area contributed by atoms with Crippen molar-refractivity contribution in [3.63, 3.8) is 0 Å². The summed E-state index contributed by atoms with van der Waals surface area (Å²) in [4.78, 5) is 23.2. The maximum atomic E-state index is 12.1. The predicted molar refractivity (Wildman–Crippen MR) is 58.6 cm³/mol. The number of hydrogen-bond donors (Lipinski definition) is 1. The van der Waals surface area contributed by atoms with Gasteiger partial charge in [-0.3, -0.25) is 4.79 Å². The quantitative estimate of drug-likeness (QED) is 0.673. The van der Waals surface area contributed by atoms with Crippen LogP contribution in [0.1, 0.15) is 47.5 Å². The van der Waals surface area contributed by atoms with E-state index in [1.165, 1.54) is 6.92 Å². The van der Waals surface area contributed by atoms with Crippen LogP contribution in [0.5, 0.6) is 0 Å². The highest BCUT2D eigenvalue weighted by Gasteiger charge is 2.55. The molecule has 1 amide bonds. The molecule has 0 aliphatic carbocycles. The van der Waals surface area contributed by atoms with Gasteiger partial charge in [0.25, 0.3) is 0 Å². The second kappa shape index (κ2) is 3.58. The molecule has 86 valence electrons. The van der Waals surface area contributed by atoms with Gasteiger partial charge in [-0.15, -0.1) is 0 Å². The second-order valence-electron chi connectivity index (χ2n) is 5.55. The van der Waals surface area contributed by atoms with E-state index < -0.39 is 5.54 Å². The fourth-order valence-corrected chi connectivity index (χ4v) is 2.37. The molecule has 1 heterocycles. The van der Waals surface area contributed by atoms with Gasteiger partial charge in [0, 0.05) is 50.7 Å². The average Bonchev–Trinajstić information content (AvgIpc) is 2.08. The molecule has 4 nitrogen and oxygen atoms in total. The summed E-state index contributed by atoms with van der Waals surface area (Å²) in [5.41, 5.74) is -0.869. The Bertz CT molecular complexity index is 295. The molecule has 1 rings (SSSR count). The molecule has 0 aromatic rings. The molecule has 1 N–H and O–H groups in total. The number of nitrogens with zero attached hydrogens (tertiary/aromatic N) is 1. The number of carbonyl (C=O) groups excluding carboxylic acids is 1. The number of nitroso groups, excluding NO2 is 1. The maximum Gasteiger partial charge on any atom is 0.225 e. The third-order valence-corrected chi connectivity index (χ3v) is 3.35. The Morgan fingerprint density at radius 1 is 1.33 bits per heavy atom. The first-order chi connectivity index (χ1) is 6.68. The molecule has 0 aromatic heterocycles. The molecule has 1 saturated heterocycles. The van der Waals surface area contributed by atoms with Gasteiger partial charge in [0.2, 0.25) is 17.0 Å². The van der Waals surface area contributed by atoms with Gasteiger partial charge in [-0.05, 0) is 6.42 Å². The minimum atomic E-state index is -0.534. The number of nitrogens with one attached hydrogen (secondary N) is 1. The zero-order valence-electron chi connectivity index (χ0n) is 10.3. The molecule has 0 radical (unpaired) electrons. The molecule has 1 fully saturated rings. The summed E-state index contributed by atoms with van der Waals surface area (Å²) < 4.78 is 1.13. The summed E-state index contributed by atoms with van der Waals surface area (Å²) in [7, 11) is 0. The van der Waals surface area contributed by atoms with E-state index in [0.29, 0.717) is 0 Å². The fraction of sp³-hybridized carbons (Fsp3) is 0.909. The summed E-state index contributed by atoms with van der Waals surface area (Å²) in [5.74, 6) is -0.0684. The topological polar surface area (TPSA) is 49.2 Å². The van der Waals surface area contributed by atoms with Crippen molar-refractivity contribution in [2.45, 2.75) is 64.6 Å². The largest absolute Gasteiger partial charge is 0.346 e.